The monoisotopic (exact) mass is 406 g/mol. The fourth-order valence-corrected chi connectivity index (χ4v) is 3.56. The van der Waals surface area contributed by atoms with E-state index in [1.807, 2.05) is 0 Å². The molecule has 0 fully saturated rings. The predicted molar refractivity (Wildman–Crippen MR) is 90.4 cm³/mol. The van der Waals surface area contributed by atoms with Gasteiger partial charge in [0.1, 0.15) is 34.1 Å². The summed E-state index contributed by atoms with van der Waals surface area (Å²) in [6.07, 6.45) is 3.94. The molecule has 0 aliphatic rings. The lowest BCUT2D eigenvalue weighted by molar-refractivity contribution is -0.0329. The molecule has 0 bridgehead atoms. The Labute approximate surface area is 152 Å². The third-order valence-corrected chi connectivity index (χ3v) is 5.12. The molecule has 7 nitrogen and oxygen atoms in total. The predicted octanol–water partition coefficient (Wildman–Crippen LogP) is 2.41. The quantitative estimate of drug-likeness (QED) is 0.526. The first kappa shape index (κ1) is 20.1. The number of pyridine rings is 1. The molecule has 1 atom stereocenters. The fraction of sp³-hybridized carbons (Fsp3) is 0.214. The van der Waals surface area contributed by atoms with Crippen molar-refractivity contribution in [3.05, 3.63) is 30.9 Å². The standard InChI is InChI=1S/C14H11F3N4O2S2.H2O/c1-2-25(23)10-3-8(22)5-18-13(10)9-6-21-7-19-12(4-11(21)20-9)24-14(15,16)17;/h3-7,22H,2H2,1H3;1H2. The van der Waals surface area contributed by atoms with Gasteiger partial charge in [-0.25, -0.2) is 15.0 Å². The number of aromatic hydroxyl groups is 1. The second-order valence-corrected chi connectivity index (χ2v) is 7.63. The van der Waals surface area contributed by atoms with Crippen molar-refractivity contribution in [3.8, 4) is 17.1 Å². The number of hydrogen-bond donors (Lipinski definition) is 1. The van der Waals surface area contributed by atoms with Crippen LogP contribution in [0.3, 0.4) is 0 Å². The number of hydrogen-bond acceptors (Lipinski definition) is 6. The van der Waals surface area contributed by atoms with E-state index in [0.717, 1.165) is 0 Å². The van der Waals surface area contributed by atoms with E-state index >= 15 is 0 Å². The smallest absolute Gasteiger partial charge is 0.447 e. The highest BCUT2D eigenvalue weighted by atomic mass is 32.2. The summed E-state index contributed by atoms with van der Waals surface area (Å²) in [5, 5.41) is 9.34. The Bertz CT molecular complexity index is 962. The summed E-state index contributed by atoms with van der Waals surface area (Å²) in [5.74, 6) is 0.189. The number of nitrogens with zero attached hydrogens (tertiary/aromatic N) is 4. The Morgan fingerprint density at radius 2 is 2.04 bits per heavy atom. The Balaban J connectivity index is 0.00000243. The molecule has 3 N–H and O–H groups in total. The van der Waals surface area contributed by atoms with Gasteiger partial charge >= 0.3 is 5.51 Å². The molecule has 3 aromatic heterocycles. The maximum atomic E-state index is 12.5. The minimum atomic E-state index is -4.44. The summed E-state index contributed by atoms with van der Waals surface area (Å²) >= 11 is -0.327. The van der Waals surface area contributed by atoms with Crippen molar-refractivity contribution < 1.29 is 28.0 Å². The van der Waals surface area contributed by atoms with E-state index in [9.17, 15) is 22.5 Å². The molecule has 0 saturated carbocycles. The Morgan fingerprint density at radius 3 is 2.69 bits per heavy atom. The molecule has 3 aromatic rings. The van der Waals surface area contributed by atoms with Crippen LogP contribution in [0.4, 0.5) is 13.2 Å². The largest absolute Gasteiger partial charge is 0.506 e. The van der Waals surface area contributed by atoms with Crippen molar-refractivity contribution in [2.45, 2.75) is 22.4 Å². The van der Waals surface area contributed by atoms with Crippen molar-refractivity contribution in [2.24, 2.45) is 0 Å². The van der Waals surface area contributed by atoms with Crippen LogP contribution in [0.5, 0.6) is 5.75 Å². The Morgan fingerprint density at radius 1 is 1.31 bits per heavy atom. The van der Waals surface area contributed by atoms with Gasteiger partial charge in [-0.05, 0) is 6.07 Å². The number of fused-ring (bicyclic) bond motifs is 1. The number of imidazole rings is 1. The van der Waals surface area contributed by atoms with E-state index in [2.05, 4.69) is 15.0 Å². The highest BCUT2D eigenvalue weighted by Crippen LogP contribution is 2.36. The van der Waals surface area contributed by atoms with E-state index < -0.39 is 16.3 Å². The average molecular weight is 406 g/mol. The molecular weight excluding hydrogens is 393 g/mol. The van der Waals surface area contributed by atoms with Gasteiger partial charge in [-0.3, -0.25) is 8.61 Å². The first-order valence-electron chi connectivity index (χ1n) is 6.95. The number of halogens is 3. The normalized spacial score (nSPS) is 12.8. The molecule has 26 heavy (non-hydrogen) atoms. The van der Waals surface area contributed by atoms with Crippen LogP contribution in [-0.4, -0.2) is 45.4 Å². The summed E-state index contributed by atoms with van der Waals surface area (Å²) in [7, 11) is -1.39. The maximum absolute atomic E-state index is 12.5. The summed E-state index contributed by atoms with van der Waals surface area (Å²) < 4.78 is 51.0. The zero-order valence-corrected chi connectivity index (χ0v) is 14.8. The van der Waals surface area contributed by atoms with E-state index in [-0.39, 0.29) is 33.7 Å². The van der Waals surface area contributed by atoms with E-state index in [1.165, 1.54) is 35.3 Å². The van der Waals surface area contributed by atoms with Gasteiger partial charge in [-0.15, -0.1) is 0 Å². The third kappa shape index (κ3) is 4.31. The van der Waals surface area contributed by atoms with Crippen LogP contribution >= 0.6 is 11.8 Å². The van der Waals surface area contributed by atoms with Gasteiger partial charge in [0.2, 0.25) is 0 Å². The average Bonchev–Trinajstić information content (AvgIpc) is 2.95. The number of alkyl halides is 3. The molecule has 3 rings (SSSR count). The number of thioether (sulfide) groups is 1. The molecule has 0 saturated heterocycles. The summed E-state index contributed by atoms with van der Waals surface area (Å²) in [4.78, 5) is 12.4. The molecule has 0 aliphatic heterocycles. The lowest BCUT2D eigenvalue weighted by Crippen LogP contribution is -2.00. The molecule has 0 spiro atoms. The van der Waals surface area contributed by atoms with Gasteiger partial charge in [0.15, 0.2) is 0 Å². The van der Waals surface area contributed by atoms with Gasteiger partial charge < -0.3 is 10.6 Å². The molecule has 0 aliphatic carbocycles. The van der Waals surface area contributed by atoms with Crippen LogP contribution in [0.25, 0.3) is 17.0 Å². The van der Waals surface area contributed by atoms with E-state index in [1.54, 1.807) is 6.92 Å². The summed E-state index contributed by atoms with van der Waals surface area (Å²) in [5.41, 5.74) is -3.57. The third-order valence-electron chi connectivity index (χ3n) is 3.13. The SMILES string of the molecule is CCS(=O)c1cc(O)cnc1-c1cn2cnc(SC(F)(F)F)cc2n1.O. The summed E-state index contributed by atoms with van der Waals surface area (Å²) in [6.45, 7) is 1.72. The Kier molecular flexibility index (Phi) is 5.88. The van der Waals surface area contributed by atoms with Crippen LogP contribution in [0.15, 0.2) is 40.8 Å². The van der Waals surface area contributed by atoms with Crippen LogP contribution < -0.4 is 0 Å². The zero-order chi connectivity index (χ0) is 18.2. The molecule has 12 heteroatoms. The zero-order valence-electron chi connectivity index (χ0n) is 13.2. The van der Waals surface area contributed by atoms with Gasteiger partial charge in [0, 0.05) is 29.8 Å². The summed E-state index contributed by atoms with van der Waals surface area (Å²) in [6, 6.07) is 2.55. The molecule has 0 aromatic carbocycles. The van der Waals surface area contributed by atoms with E-state index in [4.69, 9.17) is 0 Å². The number of rotatable bonds is 4. The minimum Gasteiger partial charge on any atom is -0.506 e. The van der Waals surface area contributed by atoms with Crippen molar-refractivity contribution in [3.63, 3.8) is 0 Å². The van der Waals surface area contributed by atoms with E-state index in [0.29, 0.717) is 22.0 Å². The van der Waals surface area contributed by atoms with Crippen LogP contribution in [-0.2, 0) is 10.8 Å². The second kappa shape index (κ2) is 7.60. The fourth-order valence-electron chi connectivity index (χ4n) is 2.12. The van der Waals surface area contributed by atoms with Crippen LogP contribution in [0, 0.1) is 0 Å². The van der Waals surface area contributed by atoms with Gasteiger partial charge in [-0.2, -0.15) is 13.2 Å². The molecule has 0 radical (unpaired) electrons. The number of aromatic nitrogens is 4. The molecular formula is C14H13F3N4O3S2. The minimum absolute atomic E-state index is 0. The Hall–Kier alpha value is -2.18. The van der Waals surface area contributed by atoms with Crippen LogP contribution in [0.1, 0.15) is 6.92 Å². The highest BCUT2D eigenvalue weighted by molar-refractivity contribution is 8.00. The van der Waals surface area contributed by atoms with Crippen molar-refractivity contribution in [2.75, 3.05) is 5.75 Å². The van der Waals surface area contributed by atoms with Gasteiger partial charge in [0.05, 0.1) is 21.9 Å². The topological polar surface area (TPSA) is 112 Å². The molecule has 0 amide bonds. The van der Waals surface area contributed by atoms with Crippen molar-refractivity contribution >= 4 is 28.2 Å². The van der Waals surface area contributed by atoms with Crippen LogP contribution in [0.2, 0.25) is 0 Å². The first-order chi connectivity index (χ1) is 11.8. The first-order valence-corrected chi connectivity index (χ1v) is 9.08. The molecule has 3 heterocycles. The van der Waals surface area contributed by atoms with Gasteiger partial charge in [-0.1, -0.05) is 6.92 Å². The second-order valence-electron chi connectivity index (χ2n) is 4.84. The highest BCUT2D eigenvalue weighted by Gasteiger charge is 2.30. The molecule has 1 unspecified atom stereocenters. The van der Waals surface area contributed by atoms with Crippen molar-refractivity contribution in [1.29, 1.82) is 0 Å². The van der Waals surface area contributed by atoms with Crippen molar-refractivity contribution in [1.82, 2.24) is 19.4 Å². The molecule has 140 valence electrons. The lowest BCUT2D eigenvalue weighted by Gasteiger charge is -2.05. The maximum Gasteiger partial charge on any atom is 0.447 e. The lowest BCUT2D eigenvalue weighted by atomic mass is 10.3. The van der Waals surface area contributed by atoms with Gasteiger partial charge in [0.25, 0.3) is 0 Å².